The summed E-state index contributed by atoms with van der Waals surface area (Å²) in [4.78, 5) is 49.1. The SMILES string of the molecule is CC(C)NC(=O)N[C@H](C(N)=O)C(=O)Nc1ccc(N2CCOCC2=O)c(OC(F)F)c1. The third-order valence-electron chi connectivity index (χ3n) is 3.96. The molecule has 1 aromatic rings. The summed E-state index contributed by atoms with van der Waals surface area (Å²) in [6, 6.07) is 0.903. The van der Waals surface area contributed by atoms with Crippen molar-refractivity contribution >= 4 is 35.1 Å². The van der Waals surface area contributed by atoms with Crippen LogP contribution in [0.4, 0.5) is 25.0 Å². The van der Waals surface area contributed by atoms with E-state index in [-0.39, 0.29) is 42.9 Å². The van der Waals surface area contributed by atoms with Crippen LogP contribution >= 0.6 is 0 Å². The predicted molar refractivity (Wildman–Crippen MR) is 105 cm³/mol. The van der Waals surface area contributed by atoms with Crippen molar-refractivity contribution in [2.75, 3.05) is 30.0 Å². The molecule has 0 bridgehead atoms. The summed E-state index contributed by atoms with van der Waals surface area (Å²) in [6.45, 7) is 0.275. The highest BCUT2D eigenvalue weighted by molar-refractivity contribution is 6.11. The zero-order chi connectivity index (χ0) is 23.1. The maximum Gasteiger partial charge on any atom is 0.387 e. The molecule has 0 radical (unpaired) electrons. The maximum atomic E-state index is 12.9. The third kappa shape index (κ3) is 6.77. The first-order valence-corrected chi connectivity index (χ1v) is 9.22. The number of ether oxygens (including phenoxy) is 2. The number of benzene rings is 1. The molecule has 1 heterocycles. The number of rotatable bonds is 8. The molecular weight excluding hydrogens is 420 g/mol. The van der Waals surface area contributed by atoms with Crippen LogP contribution in [0.25, 0.3) is 0 Å². The van der Waals surface area contributed by atoms with Gasteiger partial charge in [0.05, 0.1) is 12.3 Å². The van der Waals surface area contributed by atoms with E-state index in [4.69, 9.17) is 10.5 Å². The zero-order valence-corrected chi connectivity index (χ0v) is 16.8. The fourth-order valence-corrected chi connectivity index (χ4v) is 2.69. The molecule has 0 aliphatic carbocycles. The van der Waals surface area contributed by atoms with E-state index >= 15 is 0 Å². The van der Waals surface area contributed by atoms with E-state index in [0.29, 0.717) is 0 Å². The van der Waals surface area contributed by atoms with Crippen molar-refractivity contribution in [2.24, 2.45) is 5.73 Å². The number of primary amides is 1. The normalized spacial score (nSPS) is 14.9. The van der Waals surface area contributed by atoms with Gasteiger partial charge < -0.3 is 36.1 Å². The van der Waals surface area contributed by atoms with Gasteiger partial charge in [-0.2, -0.15) is 8.78 Å². The van der Waals surface area contributed by atoms with Gasteiger partial charge in [-0.15, -0.1) is 0 Å². The Hall–Kier alpha value is -3.48. The van der Waals surface area contributed by atoms with Crippen molar-refractivity contribution in [1.29, 1.82) is 0 Å². The van der Waals surface area contributed by atoms with Crippen LogP contribution in [0.5, 0.6) is 5.75 Å². The summed E-state index contributed by atoms with van der Waals surface area (Å²) >= 11 is 0. The van der Waals surface area contributed by atoms with Gasteiger partial charge in [-0.1, -0.05) is 0 Å². The van der Waals surface area contributed by atoms with Crippen molar-refractivity contribution < 1.29 is 37.4 Å². The second-order valence-electron chi connectivity index (χ2n) is 6.76. The molecule has 31 heavy (non-hydrogen) atoms. The molecule has 1 saturated heterocycles. The van der Waals surface area contributed by atoms with Crippen LogP contribution < -0.4 is 31.3 Å². The topological polar surface area (TPSA) is 152 Å². The number of urea groups is 1. The zero-order valence-electron chi connectivity index (χ0n) is 16.8. The number of carbonyl (C=O) groups is 4. The van der Waals surface area contributed by atoms with Crippen molar-refractivity contribution in [3.05, 3.63) is 18.2 Å². The fourth-order valence-electron chi connectivity index (χ4n) is 2.69. The molecule has 0 aromatic heterocycles. The maximum absolute atomic E-state index is 12.9. The number of anilines is 2. The molecule has 0 unspecified atom stereocenters. The quantitative estimate of drug-likeness (QED) is 0.420. The molecule has 5 N–H and O–H groups in total. The Bertz CT molecular complexity index is 851. The average Bonchev–Trinajstić information content (AvgIpc) is 2.66. The van der Waals surface area contributed by atoms with Crippen molar-refractivity contribution in [1.82, 2.24) is 10.6 Å². The molecule has 13 heteroatoms. The van der Waals surface area contributed by atoms with Gasteiger partial charge in [0.2, 0.25) is 5.91 Å². The summed E-state index contributed by atoms with van der Waals surface area (Å²) in [7, 11) is 0. The summed E-state index contributed by atoms with van der Waals surface area (Å²) in [5.74, 6) is -2.94. The first-order valence-electron chi connectivity index (χ1n) is 9.22. The standard InChI is InChI=1S/C18H23F2N5O6/c1-9(2)22-18(29)24-14(15(21)27)16(28)23-10-3-4-11(12(7-10)31-17(19)20)25-5-6-30-8-13(25)26/h3-4,7,9,14,17H,5-6,8H2,1-2H3,(H2,21,27)(H,23,28)(H2,22,24,29)/t14-/m1/s1. The lowest BCUT2D eigenvalue weighted by atomic mass is 10.2. The van der Waals surface area contributed by atoms with Gasteiger partial charge in [0.25, 0.3) is 11.8 Å². The lowest BCUT2D eigenvalue weighted by molar-refractivity contribution is -0.128. The number of halogens is 2. The summed E-state index contributed by atoms with van der Waals surface area (Å²) in [5, 5.41) is 6.87. The Morgan fingerprint density at radius 2 is 1.94 bits per heavy atom. The minimum absolute atomic E-state index is 0.0255. The smallest absolute Gasteiger partial charge is 0.387 e. The fraction of sp³-hybridized carbons (Fsp3) is 0.444. The van der Waals surface area contributed by atoms with E-state index in [1.165, 1.54) is 17.0 Å². The lowest BCUT2D eigenvalue weighted by Crippen LogP contribution is -2.55. The molecule has 0 saturated carbocycles. The van der Waals surface area contributed by atoms with Crippen LogP contribution in [-0.2, 0) is 19.1 Å². The Morgan fingerprint density at radius 1 is 1.23 bits per heavy atom. The Balaban J connectivity index is 2.22. The van der Waals surface area contributed by atoms with Crippen LogP contribution in [0.15, 0.2) is 18.2 Å². The molecule has 170 valence electrons. The van der Waals surface area contributed by atoms with Crippen molar-refractivity contribution in [3.8, 4) is 5.75 Å². The number of nitrogens with two attached hydrogens (primary N) is 1. The van der Waals surface area contributed by atoms with E-state index in [2.05, 4.69) is 20.7 Å². The van der Waals surface area contributed by atoms with E-state index < -0.39 is 36.4 Å². The van der Waals surface area contributed by atoms with Crippen LogP contribution in [-0.4, -0.2) is 62.2 Å². The number of alkyl halides is 2. The highest BCUT2D eigenvalue weighted by atomic mass is 19.3. The van der Waals surface area contributed by atoms with Gasteiger partial charge in [0.15, 0.2) is 11.8 Å². The molecule has 1 fully saturated rings. The largest absolute Gasteiger partial charge is 0.433 e. The lowest BCUT2D eigenvalue weighted by Gasteiger charge is -2.28. The van der Waals surface area contributed by atoms with Crippen LogP contribution in [0, 0.1) is 0 Å². The first-order chi connectivity index (χ1) is 14.6. The molecule has 1 atom stereocenters. The number of nitrogens with zero attached hydrogens (tertiary/aromatic N) is 1. The van der Waals surface area contributed by atoms with E-state index in [0.717, 1.165) is 6.07 Å². The minimum Gasteiger partial charge on any atom is -0.433 e. The van der Waals surface area contributed by atoms with E-state index in [1.54, 1.807) is 13.8 Å². The van der Waals surface area contributed by atoms with Gasteiger partial charge >= 0.3 is 12.6 Å². The Labute approximate surface area is 176 Å². The number of carbonyl (C=O) groups excluding carboxylic acids is 4. The van der Waals surface area contributed by atoms with E-state index in [1.807, 2.05) is 0 Å². The summed E-state index contributed by atoms with van der Waals surface area (Å²) < 4.78 is 35.3. The number of amides is 5. The Morgan fingerprint density at radius 3 is 2.52 bits per heavy atom. The second-order valence-corrected chi connectivity index (χ2v) is 6.76. The second kappa shape index (κ2) is 10.5. The molecule has 0 spiro atoms. The monoisotopic (exact) mass is 443 g/mol. The molecular formula is C18H23F2N5O6. The minimum atomic E-state index is -3.19. The molecule has 5 amide bonds. The van der Waals surface area contributed by atoms with E-state index in [9.17, 15) is 28.0 Å². The van der Waals surface area contributed by atoms with Gasteiger partial charge in [-0.05, 0) is 26.0 Å². The highest BCUT2D eigenvalue weighted by Crippen LogP contribution is 2.33. The molecule has 1 aliphatic rings. The molecule has 1 aromatic carbocycles. The molecule has 11 nitrogen and oxygen atoms in total. The average molecular weight is 443 g/mol. The number of hydrogen-bond acceptors (Lipinski definition) is 6. The highest BCUT2D eigenvalue weighted by Gasteiger charge is 2.28. The van der Waals surface area contributed by atoms with Crippen molar-refractivity contribution in [3.63, 3.8) is 0 Å². The number of morpholine rings is 1. The molecule has 1 aliphatic heterocycles. The van der Waals surface area contributed by atoms with Crippen molar-refractivity contribution in [2.45, 2.75) is 32.5 Å². The third-order valence-corrected chi connectivity index (χ3v) is 3.96. The van der Waals surface area contributed by atoms with Gasteiger partial charge in [-0.3, -0.25) is 14.4 Å². The molecule has 2 rings (SSSR count). The van der Waals surface area contributed by atoms with Gasteiger partial charge in [0, 0.05) is 24.3 Å². The van der Waals surface area contributed by atoms with Gasteiger partial charge in [-0.25, -0.2) is 4.79 Å². The summed E-state index contributed by atoms with van der Waals surface area (Å²) in [5.41, 5.74) is 5.22. The summed E-state index contributed by atoms with van der Waals surface area (Å²) in [6.07, 6.45) is 0. The van der Waals surface area contributed by atoms with Crippen LogP contribution in [0.1, 0.15) is 13.8 Å². The van der Waals surface area contributed by atoms with Crippen LogP contribution in [0.3, 0.4) is 0 Å². The first kappa shape index (κ1) is 23.8. The Kier molecular flexibility index (Phi) is 8.07. The number of hydrogen-bond donors (Lipinski definition) is 4. The van der Waals surface area contributed by atoms with Gasteiger partial charge in [0.1, 0.15) is 6.61 Å². The van der Waals surface area contributed by atoms with Crippen LogP contribution in [0.2, 0.25) is 0 Å². The predicted octanol–water partition coefficient (Wildman–Crippen LogP) is 0.151. The number of nitrogens with one attached hydrogen (secondary N) is 3.